The van der Waals surface area contributed by atoms with Gasteiger partial charge in [-0.05, 0) is 74.4 Å². The lowest BCUT2D eigenvalue weighted by molar-refractivity contribution is -0.117. The molecule has 1 heterocycles. The van der Waals surface area contributed by atoms with Crippen molar-refractivity contribution in [1.29, 1.82) is 0 Å². The van der Waals surface area contributed by atoms with E-state index in [0.29, 0.717) is 37.6 Å². The van der Waals surface area contributed by atoms with Crippen LogP contribution in [0.4, 0.5) is 0 Å². The number of carbonyl (C=O) groups excluding carboxylic acids is 2. The number of ether oxygens (including phenoxy) is 2. The number of benzene rings is 2. The van der Waals surface area contributed by atoms with Gasteiger partial charge in [-0.2, -0.15) is 0 Å². The summed E-state index contributed by atoms with van der Waals surface area (Å²) >= 11 is 3.47. The lowest BCUT2D eigenvalue weighted by Gasteiger charge is -2.44. The lowest BCUT2D eigenvalue weighted by Crippen LogP contribution is -2.39. The highest BCUT2D eigenvalue weighted by Crippen LogP contribution is 2.50. The van der Waals surface area contributed by atoms with Crippen LogP contribution in [0.2, 0.25) is 0 Å². The summed E-state index contributed by atoms with van der Waals surface area (Å²) in [5.41, 5.74) is 5.89. The number of hydrogen-bond donors (Lipinski definition) is 0. The molecule has 0 amide bonds. The molecule has 6 heteroatoms. The van der Waals surface area contributed by atoms with Gasteiger partial charge in [-0.15, -0.1) is 0 Å². The molecule has 37 heavy (non-hydrogen) atoms. The van der Waals surface area contributed by atoms with Crippen LogP contribution in [0, 0.1) is 0 Å². The first-order chi connectivity index (χ1) is 18.0. The smallest absolute Gasteiger partial charge is 0.161 e. The molecule has 2 aliphatic carbocycles. The summed E-state index contributed by atoms with van der Waals surface area (Å²) in [7, 11) is 0. The topological polar surface area (TPSA) is 55.8 Å². The fourth-order valence-corrected chi connectivity index (χ4v) is 6.14. The molecule has 0 unspecified atom stereocenters. The van der Waals surface area contributed by atoms with Crippen LogP contribution < -0.4 is 9.47 Å². The number of carbonyl (C=O) groups is 2. The number of allylic oxidation sites excluding steroid dienone is 4. The Kier molecular flexibility index (Phi) is 7.84. The number of hydrogen-bond acceptors (Lipinski definition) is 5. The molecule has 0 bridgehead atoms. The van der Waals surface area contributed by atoms with E-state index in [1.807, 2.05) is 49.4 Å². The van der Waals surface area contributed by atoms with E-state index >= 15 is 0 Å². The van der Waals surface area contributed by atoms with E-state index in [-0.39, 0.29) is 17.5 Å². The highest BCUT2D eigenvalue weighted by Gasteiger charge is 2.43. The Hall–Kier alpha value is -2.86. The second kappa shape index (κ2) is 11.3. The molecule has 0 N–H and O–H groups in total. The van der Waals surface area contributed by atoms with Crippen LogP contribution in [0.25, 0.3) is 0 Å². The van der Waals surface area contributed by atoms with Crippen molar-refractivity contribution in [2.24, 2.45) is 0 Å². The summed E-state index contributed by atoms with van der Waals surface area (Å²) < 4.78 is 13.2. The van der Waals surface area contributed by atoms with Crippen LogP contribution in [0.3, 0.4) is 0 Å². The predicted molar refractivity (Wildman–Crippen MR) is 148 cm³/mol. The molecule has 0 radical (unpaired) electrons. The van der Waals surface area contributed by atoms with E-state index in [9.17, 15) is 9.59 Å². The second-order valence-electron chi connectivity index (χ2n) is 9.91. The van der Waals surface area contributed by atoms with Crippen molar-refractivity contribution in [3.63, 3.8) is 0 Å². The van der Waals surface area contributed by atoms with E-state index < -0.39 is 0 Å². The Morgan fingerprint density at radius 3 is 2.08 bits per heavy atom. The summed E-state index contributed by atoms with van der Waals surface area (Å²) in [6.07, 6.45) is 5.56. The fourth-order valence-electron chi connectivity index (χ4n) is 5.88. The van der Waals surface area contributed by atoms with Gasteiger partial charge in [-0.3, -0.25) is 9.59 Å². The SMILES string of the molecule is CCCN1C2=C(C(=O)CCC2)C(c2ccc(OCc3ccc(Br)cc3)c(OCC)c2)C2=C1CCCC2=O. The monoisotopic (exact) mass is 563 g/mol. The van der Waals surface area contributed by atoms with Crippen molar-refractivity contribution in [2.75, 3.05) is 13.2 Å². The zero-order chi connectivity index (χ0) is 25.9. The third-order valence-corrected chi connectivity index (χ3v) is 7.97. The molecule has 1 aliphatic heterocycles. The van der Waals surface area contributed by atoms with Crippen molar-refractivity contribution in [3.8, 4) is 11.5 Å². The Bertz CT molecular complexity index is 1220. The molecule has 0 saturated carbocycles. The van der Waals surface area contributed by atoms with E-state index in [2.05, 4.69) is 27.8 Å². The van der Waals surface area contributed by atoms with Crippen LogP contribution in [0.5, 0.6) is 11.5 Å². The maximum absolute atomic E-state index is 13.4. The van der Waals surface area contributed by atoms with Crippen molar-refractivity contribution >= 4 is 27.5 Å². The Labute approximate surface area is 227 Å². The van der Waals surface area contributed by atoms with Crippen molar-refractivity contribution in [1.82, 2.24) is 4.90 Å². The van der Waals surface area contributed by atoms with Crippen molar-refractivity contribution < 1.29 is 19.1 Å². The Morgan fingerprint density at radius 1 is 0.838 bits per heavy atom. The summed E-state index contributed by atoms with van der Waals surface area (Å²) in [6, 6.07) is 14.0. The quantitative estimate of drug-likeness (QED) is 0.338. The highest BCUT2D eigenvalue weighted by atomic mass is 79.9. The maximum atomic E-state index is 13.4. The molecule has 5 nitrogen and oxygen atoms in total. The average molecular weight is 565 g/mol. The van der Waals surface area contributed by atoms with E-state index in [4.69, 9.17) is 9.47 Å². The van der Waals surface area contributed by atoms with Gasteiger partial charge in [0.05, 0.1) is 6.61 Å². The molecule has 2 aromatic rings. The molecular formula is C31H34BrNO4. The first kappa shape index (κ1) is 25.8. The highest BCUT2D eigenvalue weighted by molar-refractivity contribution is 9.10. The number of ketones is 2. The molecule has 0 spiro atoms. The minimum Gasteiger partial charge on any atom is -0.490 e. The zero-order valence-corrected chi connectivity index (χ0v) is 23.2. The third-order valence-electron chi connectivity index (χ3n) is 7.44. The summed E-state index contributed by atoms with van der Waals surface area (Å²) in [6.45, 7) is 5.86. The van der Waals surface area contributed by atoms with Crippen LogP contribution in [0.1, 0.15) is 75.8 Å². The van der Waals surface area contributed by atoms with E-state index in [1.54, 1.807) is 0 Å². The van der Waals surface area contributed by atoms with Gasteiger partial charge in [-0.1, -0.05) is 41.1 Å². The number of halogens is 1. The second-order valence-corrected chi connectivity index (χ2v) is 10.8. The summed E-state index contributed by atoms with van der Waals surface area (Å²) in [5, 5.41) is 0. The Morgan fingerprint density at radius 2 is 1.49 bits per heavy atom. The third kappa shape index (κ3) is 5.13. The van der Waals surface area contributed by atoms with Gasteiger partial charge in [0.1, 0.15) is 6.61 Å². The molecular weight excluding hydrogens is 530 g/mol. The maximum Gasteiger partial charge on any atom is 0.161 e. The summed E-state index contributed by atoms with van der Waals surface area (Å²) in [5.74, 6) is 1.31. The molecule has 0 atom stereocenters. The molecule has 3 aliphatic rings. The largest absolute Gasteiger partial charge is 0.490 e. The molecule has 0 aromatic heterocycles. The molecule has 0 fully saturated rings. The minimum atomic E-state index is -0.335. The van der Waals surface area contributed by atoms with Gasteiger partial charge in [0.15, 0.2) is 23.1 Å². The van der Waals surface area contributed by atoms with Crippen molar-refractivity contribution in [3.05, 3.63) is 80.6 Å². The molecule has 2 aromatic carbocycles. The van der Waals surface area contributed by atoms with Crippen LogP contribution in [-0.4, -0.2) is 29.6 Å². The summed E-state index contributed by atoms with van der Waals surface area (Å²) in [4.78, 5) is 29.2. The van der Waals surface area contributed by atoms with Gasteiger partial charge in [0, 0.05) is 52.3 Å². The first-order valence-electron chi connectivity index (χ1n) is 13.5. The normalized spacial score (nSPS) is 18.2. The number of nitrogens with zero attached hydrogens (tertiary/aromatic N) is 1. The predicted octanol–water partition coefficient (Wildman–Crippen LogP) is 7.25. The van der Waals surface area contributed by atoms with Gasteiger partial charge < -0.3 is 14.4 Å². The average Bonchev–Trinajstić information content (AvgIpc) is 2.90. The van der Waals surface area contributed by atoms with Crippen LogP contribution in [-0.2, 0) is 16.2 Å². The Balaban J connectivity index is 1.56. The van der Waals surface area contributed by atoms with E-state index in [0.717, 1.165) is 76.8 Å². The van der Waals surface area contributed by atoms with Crippen LogP contribution in [0.15, 0.2) is 69.5 Å². The van der Waals surface area contributed by atoms with E-state index in [1.165, 1.54) is 0 Å². The first-order valence-corrected chi connectivity index (χ1v) is 14.2. The molecule has 194 valence electrons. The van der Waals surface area contributed by atoms with Gasteiger partial charge in [0.2, 0.25) is 0 Å². The standard InChI is InChI=1S/C31H34BrNO4/c1-3-17-33-23-7-5-9-25(34)30(23)29(31-24(33)8-6-10-26(31)35)21-13-16-27(28(18-21)36-4-2)37-19-20-11-14-22(32)15-12-20/h11-16,18,29H,3-10,17,19H2,1-2H3. The molecule has 5 rings (SSSR count). The molecule has 0 saturated heterocycles. The number of rotatable bonds is 8. The van der Waals surface area contributed by atoms with Crippen LogP contribution >= 0.6 is 15.9 Å². The number of Topliss-reactive ketones (excluding diaryl/α,β-unsaturated/α-hetero) is 2. The van der Waals surface area contributed by atoms with Crippen molar-refractivity contribution in [2.45, 2.75) is 71.3 Å². The zero-order valence-electron chi connectivity index (χ0n) is 21.6. The minimum absolute atomic E-state index is 0.172. The lowest BCUT2D eigenvalue weighted by atomic mass is 9.71. The van der Waals surface area contributed by atoms with Gasteiger partial charge in [-0.25, -0.2) is 0 Å². The fraction of sp³-hybridized carbons (Fsp3) is 0.419. The van der Waals surface area contributed by atoms with Gasteiger partial charge >= 0.3 is 0 Å². The van der Waals surface area contributed by atoms with Gasteiger partial charge in [0.25, 0.3) is 0 Å².